The maximum Gasteiger partial charge on any atom is 0.337 e. The number of carbonyl (C=O) groups is 3. The number of Topliss-reactive ketones (excluding diaryl/α,β-unsaturated/α-hetero) is 1. The average molecular weight is 302 g/mol. The standard InChI is InChI=1S/C17H18O5/c1-2-3-4-16(19)13-5-6-14(8-12(7-13)9-18)17(20)22-11-15-10-21-15/h2,6-9,15H,1,3-5,10-11H2. The molecular weight excluding hydrogens is 284 g/mol. The molecule has 0 aromatic heterocycles. The molecule has 0 aromatic rings. The Balaban J connectivity index is 2.06. The average Bonchev–Trinajstić information content (AvgIpc) is 3.35. The number of allylic oxidation sites excluding steroid dienone is 5. The lowest BCUT2D eigenvalue weighted by Crippen LogP contribution is -2.11. The van der Waals surface area contributed by atoms with Gasteiger partial charge in [-0.3, -0.25) is 9.59 Å². The zero-order chi connectivity index (χ0) is 15.9. The molecule has 2 rings (SSSR count). The first-order valence-corrected chi connectivity index (χ1v) is 7.14. The molecule has 2 aliphatic rings. The van der Waals surface area contributed by atoms with Gasteiger partial charge >= 0.3 is 5.97 Å². The highest BCUT2D eigenvalue weighted by atomic mass is 16.6. The first-order chi connectivity index (χ1) is 10.6. The van der Waals surface area contributed by atoms with Crippen LogP contribution in [0, 0.1) is 0 Å². The summed E-state index contributed by atoms with van der Waals surface area (Å²) in [5.74, 6) is -0.562. The molecule has 1 saturated heterocycles. The molecule has 1 atom stereocenters. The molecule has 1 fully saturated rings. The van der Waals surface area contributed by atoms with Crippen LogP contribution in [0.4, 0.5) is 0 Å². The monoisotopic (exact) mass is 302 g/mol. The van der Waals surface area contributed by atoms with Crippen molar-refractivity contribution in [3.63, 3.8) is 0 Å². The van der Waals surface area contributed by atoms with E-state index in [2.05, 4.69) is 6.58 Å². The fraction of sp³-hybridized carbons (Fsp3) is 0.353. The van der Waals surface area contributed by atoms with Crippen LogP contribution in [0.3, 0.4) is 0 Å². The van der Waals surface area contributed by atoms with Gasteiger partial charge in [0.15, 0.2) is 5.78 Å². The van der Waals surface area contributed by atoms with E-state index in [1.54, 1.807) is 12.2 Å². The van der Waals surface area contributed by atoms with Gasteiger partial charge in [-0.2, -0.15) is 0 Å². The molecule has 0 spiro atoms. The third-order valence-corrected chi connectivity index (χ3v) is 3.31. The van der Waals surface area contributed by atoms with Gasteiger partial charge in [-0.25, -0.2) is 4.79 Å². The van der Waals surface area contributed by atoms with Gasteiger partial charge in [-0.1, -0.05) is 12.2 Å². The zero-order valence-corrected chi connectivity index (χ0v) is 12.2. The maximum absolute atomic E-state index is 12.0. The highest BCUT2D eigenvalue weighted by Crippen LogP contribution is 2.20. The Hall–Kier alpha value is -2.27. The number of aldehydes is 1. The molecule has 116 valence electrons. The van der Waals surface area contributed by atoms with E-state index < -0.39 is 5.97 Å². The van der Waals surface area contributed by atoms with Gasteiger partial charge in [0.1, 0.15) is 19.0 Å². The molecule has 5 nitrogen and oxygen atoms in total. The Morgan fingerprint density at radius 3 is 2.82 bits per heavy atom. The number of hydrogen-bond donors (Lipinski definition) is 0. The van der Waals surface area contributed by atoms with Gasteiger partial charge in [0.05, 0.1) is 12.2 Å². The lowest BCUT2D eigenvalue weighted by Gasteiger charge is -2.03. The van der Waals surface area contributed by atoms with E-state index in [-0.39, 0.29) is 29.6 Å². The van der Waals surface area contributed by atoms with Crippen molar-refractivity contribution in [1.29, 1.82) is 0 Å². The van der Waals surface area contributed by atoms with Crippen LogP contribution in [0.2, 0.25) is 0 Å². The van der Waals surface area contributed by atoms with Gasteiger partial charge in [-0.15, -0.1) is 6.58 Å². The molecular formula is C17H18O5. The van der Waals surface area contributed by atoms with Crippen molar-refractivity contribution in [3.05, 3.63) is 47.6 Å². The van der Waals surface area contributed by atoms with Crippen molar-refractivity contribution in [2.75, 3.05) is 13.2 Å². The molecule has 0 saturated carbocycles. The number of hydrogen-bond acceptors (Lipinski definition) is 5. The van der Waals surface area contributed by atoms with E-state index in [9.17, 15) is 14.4 Å². The SMILES string of the molecule is C=CCCC(=O)C1=CC(C=O)=CC(C(=O)OCC2CO2)=CC1. The Kier molecular flexibility index (Phi) is 5.61. The summed E-state index contributed by atoms with van der Waals surface area (Å²) in [6, 6.07) is 0. The largest absolute Gasteiger partial charge is 0.459 e. The summed E-state index contributed by atoms with van der Waals surface area (Å²) in [7, 11) is 0. The fourth-order valence-corrected chi connectivity index (χ4v) is 1.97. The molecule has 1 unspecified atom stereocenters. The third-order valence-electron chi connectivity index (χ3n) is 3.31. The normalized spacial score (nSPS) is 20.0. The first kappa shape index (κ1) is 16.1. The number of epoxide rings is 1. The van der Waals surface area contributed by atoms with Crippen LogP contribution in [0.1, 0.15) is 19.3 Å². The number of esters is 1. The zero-order valence-electron chi connectivity index (χ0n) is 12.2. The summed E-state index contributed by atoms with van der Waals surface area (Å²) in [6.45, 7) is 4.39. The quantitative estimate of drug-likeness (QED) is 0.296. The molecule has 0 amide bonds. The predicted octanol–water partition coefficient (Wildman–Crippen LogP) is 1.85. The number of carbonyl (C=O) groups excluding carboxylic acids is 3. The van der Waals surface area contributed by atoms with Crippen molar-refractivity contribution in [3.8, 4) is 0 Å². The molecule has 0 N–H and O–H groups in total. The minimum atomic E-state index is -0.511. The Morgan fingerprint density at radius 2 is 2.18 bits per heavy atom. The summed E-state index contributed by atoms with van der Waals surface area (Å²) in [5, 5.41) is 0. The van der Waals surface area contributed by atoms with Crippen molar-refractivity contribution < 1.29 is 23.9 Å². The van der Waals surface area contributed by atoms with E-state index in [0.29, 0.717) is 37.7 Å². The highest BCUT2D eigenvalue weighted by molar-refractivity contribution is 6.00. The van der Waals surface area contributed by atoms with Crippen LogP contribution in [0.25, 0.3) is 0 Å². The summed E-state index contributed by atoms with van der Waals surface area (Å²) in [6.07, 6.45) is 8.08. The lowest BCUT2D eigenvalue weighted by atomic mass is 10.0. The second-order valence-corrected chi connectivity index (χ2v) is 5.10. The summed E-state index contributed by atoms with van der Waals surface area (Å²) in [4.78, 5) is 35.1. The van der Waals surface area contributed by atoms with Crippen LogP contribution >= 0.6 is 0 Å². The van der Waals surface area contributed by atoms with Crippen LogP contribution in [0.5, 0.6) is 0 Å². The highest BCUT2D eigenvalue weighted by Gasteiger charge is 2.25. The van der Waals surface area contributed by atoms with Crippen LogP contribution in [-0.4, -0.2) is 37.4 Å². The predicted molar refractivity (Wildman–Crippen MR) is 80.1 cm³/mol. The van der Waals surface area contributed by atoms with Gasteiger partial charge in [0.2, 0.25) is 0 Å². The minimum absolute atomic E-state index is 0.0148. The third kappa shape index (κ3) is 4.63. The van der Waals surface area contributed by atoms with Gasteiger partial charge in [0, 0.05) is 12.0 Å². The summed E-state index contributed by atoms with van der Waals surface area (Å²) in [5.41, 5.74) is 1.07. The topological polar surface area (TPSA) is 73.0 Å². The van der Waals surface area contributed by atoms with E-state index >= 15 is 0 Å². The molecule has 1 aliphatic carbocycles. The number of ketones is 1. The lowest BCUT2D eigenvalue weighted by molar-refractivity contribution is -0.139. The van der Waals surface area contributed by atoms with E-state index in [1.165, 1.54) is 12.2 Å². The molecule has 1 heterocycles. The Morgan fingerprint density at radius 1 is 1.41 bits per heavy atom. The summed E-state index contributed by atoms with van der Waals surface area (Å²) < 4.78 is 10.1. The molecule has 0 aromatic carbocycles. The van der Waals surface area contributed by atoms with Gasteiger partial charge in [-0.05, 0) is 30.6 Å². The second kappa shape index (κ2) is 7.66. The first-order valence-electron chi connectivity index (χ1n) is 7.14. The van der Waals surface area contributed by atoms with Crippen LogP contribution in [-0.2, 0) is 23.9 Å². The van der Waals surface area contributed by atoms with Gasteiger partial charge in [0.25, 0.3) is 0 Å². The number of ether oxygens (including phenoxy) is 2. The van der Waals surface area contributed by atoms with Crippen molar-refractivity contribution in [1.82, 2.24) is 0 Å². The smallest absolute Gasteiger partial charge is 0.337 e. The molecule has 0 radical (unpaired) electrons. The van der Waals surface area contributed by atoms with Crippen molar-refractivity contribution in [2.24, 2.45) is 0 Å². The van der Waals surface area contributed by atoms with E-state index in [4.69, 9.17) is 9.47 Å². The van der Waals surface area contributed by atoms with E-state index in [1.807, 2.05) is 0 Å². The van der Waals surface area contributed by atoms with Crippen LogP contribution < -0.4 is 0 Å². The molecule has 1 aliphatic heterocycles. The minimum Gasteiger partial charge on any atom is -0.459 e. The molecule has 22 heavy (non-hydrogen) atoms. The van der Waals surface area contributed by atoms with Gasteiger partial charge < -0.3 is 9.47 Å². The Labute approximate surface area is 129 Å². The van der Waals surface area contributed by atoms with Crippen LogP contribution in [0.15, 0.2) is 47.6 Å². The molecule has 0 bridgehead atoms. The van der Waals surface area contributed by atoms with Crippen molar-refractivity contribution in [2.45, 2.75) is 25.4 Å². The molecule has 5 heteroatoms. The fourth-order valence-electron chi connectivity index (χ4n) is 1.97. The number of rotatable bonds is 8. The van der Waals surface area contributed by atoms with E-state index in [0.717, 1.165) is 0 Å². The summed E-state index contributed by atoms with van der Waals surface area (Å²) >= 11 is 0. The second-order valence-electron chi connectivity index (χ2n) is 5.10. The maximum atomic E-state index is 12.0. The Bertz CT molecular complexity index is 576. The van der Waals surface area contributed by atoms with Crippen molar-refractivity contribution >= 4 is 18.0 Å².